The van der Waals surface area contributed by atoms with E-state index in [4.69, 9.17) is 8.83 Å². The van der Waals surface area contributed by atoms with Crippen LogP contribution in [0.1, 0.15) is 21.7 Å². The van der Waals surface area contributed by atoms with Gasteiger partial charge < -0.3 is 24.8 Å². The minimum atomic E-state index is -4.75. The lowest BCUT2D eigenvalue weighted by Crippen LogP contribution is -2.29. The van der Waals surface area contributed by atoms with Crippen molar-refractivity contribution in [3.05, 3.63) is 72.1 Å². The van der Waals surface area contributed by atoms with Crippen molar-refractivity contribution in [1.82, 2.24) is 5.32 Å². The molecule has 0 aliphatic carbocycles. The van der Waals surface area contributed by atoms with E-state index in [-0.39, 0.29) is 17.8 Å². The van der Waals surface area contributed by atoms with E-state index in [1.54, 1.807) is 12.1 Å². The van der Waals surface area contributed by atoms with Gasteiger partial charge in [0.1, 0.15) is 12.0 Å². The molecule has 7 nitrogen and oxygen atoms in total. The van der Waals surface area contributed by atoms with Gasteiger partial charge in [-0.25, -0.2) is 4.79 Å². The van der Waals surface area contributed by atoms with Crippen LogP contribution in [0, 0.1) is 0 Å². The quantitative estimate of drug-likeness (QED) is 0.596. The van der Waals surface area contributed by atoms with E-state index >= 15 is 0 Å². The minimum Gasteiger partial charge on any atom is -0.472 e. The fraction of sp³-hybridized carbons (Fsp3) is 0.111. The van der Waals surface area contributed by atoms with Gasteiger partial charge in [-0.3, -0.25) is 4.79 Å². The van der Waals surface area contributed by atoms with Crippen LogP contribution >= 0.6 is 0 Å². The molecule has 2 heterocycles. The number of hydrogen-bond donors (Lipinski definition) is 3. The number of amides is 3. The summed E-state index contributed by atoms with van der Waals surface area (Å²) in [5, 5.41) is 6.88. The zero-order chi connectivity index (χ0) is 20.1. The van der Waals surface area contributed by atoms with Crippen LogP contribution in [0.4, 0.5) is 29.3 Å². The summed E-state index contributed by atoms with van der Waals surface area (Å²) in [7, 11) is 0. The Balaban J connectivity index is 1.73. The van der Waals surface area contributed by atoms with Crippen molar-refractivity contribution in [2.24, 2.45) is 0 Å². The molecule has 3 amide bonds. The Labute approximate surface area is 156 Å². The number of anilines is 2. The Morgan fingerprint density at radius 3 is 2.50 bits per heavy atom. The zero-order valence-corrected chi connectivity index (χ0v) is 14.2. The van der Waals surface area contributed by atoms with Gasteiger partial charge in [0.2, 0.25) is 0 Å². The molecule has 0 spiro atoms. The SMILES string of the molecule is O=C(NCc1ccco1)Nc1ccc(NC(=O)c2ccoc2)cc1C(F)(F)F. The lowest BCUT2D eigenvalue weighted by atomic mass is 10.1. The highest BCUT2D eigenvalue weighted by atomic mass is 19.4. The molecule has 0 saturated heterocycles. The summed E-state index contributed by atoms with van der Waals surface area (Å²) in [4.78, 5) is 23.8. The number of alkyl halides is 3. The van der Waals surface area contributed by atoms with Crippen LogP contribution in [-0.2, 0) is 12.7 Å². The van der Waals surface area contributed by atoms with E-state index < -0.39 is 29.4 Å². The first-order valence-electron chi connectivity index (χ1n) is 7.95. The zero-order valence-electron chi connectivity index (χ0n) is 14.2. The second-order valence-electron chi connectivity index (χ2n) is 5.61. The van der Waals surface area contributed by atoms with Gasteiger partial charge in [0.15, 0.2) is 0 Å². The third-order valence-electron chi connectivity index (χ3n) is 3.62. The average Bonchev–Trinajstić information content (AvgIpc) is 3.34. The number of benzene rings is 1. The van der Waals surface area contributed by atoms with Gasteiger partial charge in [0.05, 0.1) is 35.9 Å². The van der Waals surface area contributed by atoms with Crippen LogP contribution in [0.2, 0.25) is 0 Å². The van der Waals surface area contributed by atoms with Crippen LogP contribution in [0.5, 0.6) is 0 Å². The van der Waals surface area contributed by atoms with Crippen molar-refractivity contribution in [1.29, 1.82) is 0 Å². The van der Waals surface area contributed by atoms with Crippen LogP contribution in [0.3, 0.4) is 0 Å². The van der Waals surface area contributed by atoms with Gasteiger partial charge in [-0.15, -0.1) is 0 Å². The van der Waals surface area contributed by atoms with E-state index in [9.17, 15) is 22.8 Å². The lowest BCUT2D eigenvalue weighted by Gasteiger charge is -2.16. The molecule has 0 bridgehead atoms. The van der Waals surface area contributed by atoms with Gasteiger partial charge in [0, 0.05) is 5.69 Å². The number of rotatable bonds is 5. The van der Waals surface area contributed by atoms with Crippen molar-refractivity contribution in [2.45, 2.75) is 12.7 Å². The maximum atomic E-state index is 13.4. The topological polar surface area (TPSA) is 96.5 Å². The van der Waals surface area contributed by atoms with E-state index in [1.807, 2.05) is 0 Å². The predicted molar refractivity (Wildman–Crippen MR) is 92.7 cm³/mol. The molecule has 0 aliphatic heterocycles. The third kappa shape index (κ3) is 4.72. The molecule has 0 aliphatic rings. The highest BCUT2D eigenvalue weighted by molar-refractivity contribution is 6.04. The number of carbonyl (C=O) groups excluding carboxylic acids is 2. The van der Waals surface area contributed by atoms with Crippen LogP contribution < -0.4 is 16.0 Å². The highest BCUT2D eigenvalue weighted by Crippen LogP contribution is 2.36. The van der Waals surface area contributed by atoms with Crippen molar-refractivity contribution in [3.8, 4) is 0 Å². The number of halogens is 3. The summed E-state index contributed by atoms with van der Waals surface area (Å²) in [6, 6.07) is 6.80. The molecule has 2 aromatic heterocycles. The highest BCUT2D eigenvalue weighted by Gasteiger charge is 2.34. The van der Waals surface area contributed by atoms with Crippen molar-refractivity contribution in [2.75, 3.05) is 10.6 Å². The van der Waals surface area contributed by atoms with Gasteiger partial charge in [-0.1, -0.05) is 0 Å². The molecular weight excluding hydrogens is 379 g/mol. The number of hydrogen-bond acceptors (Lipinski definition) is 4. The smallest absolute Gasteiger partial charge is 0.418 e. The molecule has 0 unspecified atom stereocenters. The number of carbonyl (C=O) groups is 2. The normalized spacial score (nSPS) is 11.1. The Kier molecular flexibility index (Phi) is 5.39. The molecule has 3 aromatic rings. The molecule has 10 heteroatoms. The summed E-state index contributed by atoms with van der Waals surface area (Å²) < 4.78 is 49.9. The lowest BCUT2D eigenvalue weighted by molar-refractivity contribution is -0.136. The molecule has 0 radical (unpaired) electrons. The van der Waals surface area contributed by atoms with Gasteiger partial charge >= 0.3 is 12.2 Å². The molecular formula is C18H14F3N3O4. The van der Waals surface area contributed by atoms with Gasteiger partial charge in [-0.2, -0.15) is 13.2 Å². The summed E-state index contributed by atoms with van der Waals surface area (Å²) in [6.07, 6.45) is -0.906. The van der Waals surface area contributed by atoms with Crippen molar-refractivity contribution in [3.63, 3.8) is 0 Å². The van der Waals surface area contributed by atoms with E-state index in [0.717, 1.165) is 12.1 Å². The molecule has 3 rings (SSSR count). The molecule has 0 fully saturated rings. The maximum absolute atomic E-state index is 13.4. The van der Waals surface area contributed by atoms with Crippen molar-refractivity contribution >= 4 is 23.3 Å². The largest absolute Gasteiger partial charge is 0.472 e. The molecule has 146 valence electrons. The molecule has 3 N–H and O–H groups in total. The van der Waals surface area contributed by atoms with E-state index in [2.05, 4.69) is 16.0 Å². The van der Waals surface area contributed by atoms with Crippen LogP contribution in [-0.4, -0.2) is 11.9 Å². The molecule has 0 saturated carbocycles. The monoisotopic (exact) mass is 393 g/mol. The minimum absolute atomic E-state index is 0.0129. The Bertz CT molecular complexity index is 951. The average molecular weight is 393 g/mol. The fourth-order valence-corrected chi connectivity index (χ4v) is 2.31. The molecule has 28 heavy (non-hydrogen) atoms. The molecule has 0 atom stereocenters. The summed E-state index contributed by atoms with van der Waals surface area (Å²) >= 11 is 0. The first-order valence-corrected chi connectivity index (χ1v) is 7.95. The summed E-state index contributed by atoms with van der Waals surface area (Å²) in [5.74, 6) is -0.178. The third-order valence-corrected chi connectivity index (χ3v) is 3.62. The number of nitrogens with one attached hydrogen (secondary N) is 3. The Hall–Kier alpha value is -3.69. The second kappa shape index (κ2) is 7.91. The predicted octanol–water partition coefficient (Wildman–Crippen LogP) is 4.47. The Morgan fingerprint density at radius 1 is 1.04 bits per heavy atom. The number of urea groups is 1. The van der Waals surface area contributed by atoms with Gasteiger partial charge in [0.25, 0.3) is 5.91 Å². The fourth-order valence-electron chi connectivity index (χ4n) is 2.31. The molecule has 1 aromatic carbocycles. The van der Waals surface area contributed by atoms with E-state index in [1.165, 1.54) is 30.9 Å². The second-order valence-corrected chi connectivity index (χ2v) is 5.61. The summed E-state index contributed by atoms with van der Waals surface area (Å²) in [5.41, 5.74) is -1.48. The first-order chi connectivity index (χ1) is 13.3. The van der Waals surface area contributed by atoms with Crippen LogP contribution in [0.25, 0.3) is 0 Å². The first kappa shape index (κ1) is 19.1. The maximum Gasteiger partial charge on any atom is 0.418 e. The van der Waals surface area contributed by atoms with Gasteiger partial charge in [-0.05, 0) is 36.4 Å². The van der Waals surface area contributed by atoms with Crippen LogP contribution in [0.15, 0.2) is 64.0 Å². The van der Waals surface area contributed by atoms with Crippen molar-refractivity contribution < 1.29 is 31.6 Å². The summed E-state index contributed by atoms with van der Waals surface area (Å²) in [6.45, 7) is 0.0129. The van der Waals surface area contributed by atoms with E-state index in [0.29, 0.717) is 5.76 Å². The Morgan fingerprint density at radius 2 is 1.86 bits per heavy atom. The standard InChI is InChI=1S/C18H14F3N3O4/c19-18(20,21)14-8-12(23-16(25)11-5-7-27-10-11)3-4-15(14)24-17(26)22-9-13-2-1-6-28-13/h1-8,10H,9H2,(H,23,25)(H2,22,24,26). The number of furan rings is 2.